The molecule has 0 saturated carbocycles. The Labute approximate surface area is 131 Å². The smallest absolute Gasteiger partial charge is 0.346 e. The molecule has 0 radical (unpaired) electrons. The minimum atomic E-state index is -0.960. The molecule has 23 heavy (non-hydrogen) atoms. The first kappa shape index (κ1) is 14.9. The third-order valence-corrected chi connectivity index (χ3v) is 3.33. The van der Waals surface area contributed by atoms with Crippen LogP contribution in [0.2, 0.25) is 0 Å². The van der Waals surface area contributed by atoms with Crippen molar-refractivity contribution in [3.8, 4) is 17.3 Å². The van der Waals surface area contributed by atoms with Gasteiger partial charge in [0.05, 0.1) is 18.8 Å². The Morgan fingerprint density at radius 2 is 1.96 bits per heavy atom. The van der Waals surface area contributed by atoms with Gasteiger partial charge in [-0.05, 0) is 31.2 Å². The first-order valence-electron chi connectivity index (χ1n) is 6.96. The van der Waals surface area contributed by atoms with Crippen molar-refractivity contribution in [1.29, 1.82) is 0 Å². The molecule has 0 unspecified atom stereocenters. The van der Waals surface area contributed by atoms with Gasteiger partial charge in [0.1, 0.15) is 5.58 Å². The molecule has 3 aromatic rings. The highest BCUT2D eigenvalue weighted by molar-refractivity contribution is 5.81. The summed E-state index contributed by atoms with van der Waals surface area (Å²) >= 11 is 0. The highest BCUT2D eigenvalue weighted by atomic mass is 16.6. The number of carbonyl (C=O) groups is 1. The lowest BCUT2D eigenvalue weighted by atomic mass is 10.2. The minimum absolute atomic E-state index is 0.0865. The number of hydrogen-bond donors (Lipinski definition) is 0. The number of methoxy groups -OCH3 is 1. The first-order valence-corrected chi connectivity index (χ1v) is 6.96. The molecule has 0 aliphatic carbocycles. The molecule has 1 atom stereocenters. The second kappa shape index (κ2) is 6.00. The zero-order chi connectivity index (χ0) is 16.4. The molecule has 0 amide bonds. The molecule has 3 rings (SSSR count). The molecular formula is C17H14O6. The summed E-state index contributed by atoms with van der Waals surface area (Å²) in [6.07, 6.45) is 0.496. The second-order valence-corrected chi connectivity index (χ2v) is 4.85. The molecule has 0 bridgehead atoms. The maximum Gasteiger partial charge on any atom is 0.346 e. The molecule has 2 aromatic heterocycles. The normalized spacial score (nSPS) is 12.1. The molecule has 1 aromatic carbocycles. The Bertz CT molecular complexity index is 891. The summed E-state index contributed by atoms with van der Waals surface area (Å²) in [6.45, 7) is 1.49. The fraction of sp³-hybridized carbons (Fsp3) is 0.176. The molecule has 0 spiro atoms. The van der Waals surface area contributed by atoms with Crippen LogP contribution in [0.1, 0.15) is 6.92 Å². The summed E-state index contributed by atoms with van der Waals surface area (Å²) in [5, 5.41) is 0.356. The number of esters is 1. The topological polar surface area (TPSA) is 78.9 Å². The molecule has 6 heteroatoms. The molecule has 0 aliphatic rings. The third-order valence-electron chi connectivity index (χ3n) is 3.33. The van der Waals surface area contributed by atoms with Gasteiger partial charge in [-0.2, -0.15) is 0 Å². The lowest BCUT2D eigenvalue weighted by molar-refractivity contribution is -0.147. The maximum absolute atomic E-state index is 12.7. The Balaban J connectivity index is 2.21. The van der Waals surface area contributed by atoms with Gasteiger partial charge in [0, 0.05) is 0 Å². The van der Waals surface area contributed by atoms with Crippen LogP contribution in [0, 0.1) is 0 Å². The van der Waals surface area contributed by atoms with E-state index >= 15 is 0 Å². The van der Waals surface area contributed by atoms with E-state index in [9.17, 15) is 9.59 Å². The predicted molar refractivity (Wildman–Crippen MR) is 82.3 cm³/mol. The Morgan fingerprint density at radius 1 is 1.17 bits per heavy atom. The van der Waals surface area contributed by atoms with Crippen molar-refractivity contribution >= 4 is 16.9 Å². The SMILES string of the molecule is COC(=O)[C@H](C)Oc1c(-c2ccco2)oc2ccccc2c1=O. The quantitative estimate of drug-likeness (QED) is 0.689. The molecule has 6 nitrogen and oxygen atoms in total. The van der Waals surface area contributed by atoms with Crippen LogP contribution < -0.4 is 10.2 Å². The van der Waals surface area contributed by atoms with E-state index in [1.807, 2.05) is 0 Å². The molecule has 0 saturated heterocycles. The van der Waals surface area contributed by atoms with E-state index in [0.717, 1.165) is 0 Å². The van der Waals surface area contributed by atoms with Crippen LogP contribution in [0.5, 0.6) is 5.75 Å². The first-order chi connectivity index (χ1) is 11.1. The Hall–Kier alpha value is -3.02. The number of benzene rings is 1. The molecule has 0 aliphatic heterocycles. The standard InChI is InChI=1S/C17H14O6/c1-10(17(19)20-2)22-16-14(18)11-6-3-4-7-12(11)23-15(16)13-8-5-9-21-13/h3-10H,1-2H3/t10-/m0/s1. The van der Waals surface area contributed by atoms with Crippen LogP contribution in [-0.2, 0) is 9.53 Å². The fourth-order valence-corrected chi connectivity index (χ4v) is 2.19. The van der Waals surface area contributed by atoms with Gasteiger partial charge in [-0.3, -0.25) is 4.79 Å². The lowest BCUT2D eigenvalue weighted by Crippen LogP contribution is -2.27. The van der Waals surface area contributed by atoms with Gasteiger partial charge >= 0.3 is 5.97 Å². The van der Waals surface area contributed by atoms with Crippen LogP contribution in [0.25, 0.3) is 22.5 Å². The number of hydrogen-bond acceptors (Lipinski definition) is 6. The van der Waals surface area contributed by atoms with E-state index in [-0.39, 0.29) is 16.9 Å². The van der Waals surface area contributed by atoms with Gasteiger partial charge in [-0.15, -0.1) is 0 Å². The fourth-order valence-electron chi connectivity index (χ4n) is 2.19. The molecule has 0 fully saturated rings. The van der Waals surface area contributed by atoms with Gasteiger partial charge in [-0.1, -0.05) is 12.1 Å². The van der Waals surface area contributed by atoms with Crippen molar-refractivity contribution in [3.05, 3.63) is 52.9 Å². The van der Waals surface area contributed by atoms with Crippen LogP contribution in [0.3, 0.4) is 0 Å². The third kappa shape index (κ3) is 2.70. The number of rotatable bonds is 4. The van der Waals surface area contributed by atoms with E-state index in [1.165, 1.54) is 20.3 Å². The van der Waals surface area contributed by atoms with E-state index in [1.54, 1.807) is 36.4 Å². The maximum atomic E-state index is 12.7. The van der Waals surface area contributed by atoms with Gasteiger partial charge in [-0.25, -0.2) is 4.79 Å². The van der Waals surface area contributed by atoms with E-state index < -0.39 is 12.1 Å². The second-order valence-electron chi connectivity index (χ2n) is 4.85. The van der Waals surface area contributed by atoms with E-state index in [4.69, 9.17) is 13.6 Å². The van der Waals surface area contributed by atoms with Crippen LogP contribution >= 0.6 is 0 Å². The average molecular weight is 314 g/mol. The molecular weight excluding hydrogens is 300 g/mol. The van der Waals surface area contributed by atoms with Gasteiger partial charge in [0.25, 0.3) is 0 Å². The predicted octanol–water partition coefficient (Wildman–Crippen LogP) is 2.99. The minimum Gasteiger partial charge on any atom is -0.471 e. The van der Waals surface area contributed by atoms with Crippen molar-refractivity contribution in [2.45, 2.75) is 13.0 Å². The van der Waals surface area contributed by atoms with Crippen molar-refractivity contribution in [2.24, 2.45) is 0 Å². The van der Waals surface area contributed by atoms with Gasteiger partial charge in [0.15, 0.2) is 11.9 Å². The Morgan fingerprint density at radius 3 is 2.65 bits per heavy atom. The number of fused-ring (bicyclic) bond motifs is 1. The highest BCUT2D eigenvalue weighted by Gasteiger charge is 2.24. The number of para-hydroxylation sites is 1. The summed E-state index contributed by atoms with van der Waals surface area (Å²) in [5.41, 5.74) is 0.0241. The number of furan rings is 1. The van der Waals surface area contributed by atoms with Crippen LogP contribution in [-0.4, -0.2) is 19.2 Å². The summed E-state index contributed by atoms with van der Waals surface area (Å²) in [7, 11) is 1.25. The van der Waals surface area contributed by atoms with Crippen molar-refractivity contribution in [2.75, 3.05) is 7.11 Å². The van der Waals surface area contributed by atoms with Crippen molar-refractivity contribution in [1.82, 2.24) is 0 Å². The number of carbonyl (C=O) groups excluding carboxylic acids is 1. The summed E-state index contributed by atoms with van der Waals surface area (Å²) in [6, 6.07) is 10.1. The summed E-state index contributed by atoms with van der Waals surface area (Å²) in [5.74, 6) is -0.214. The van der Waals surface area contributed by atoms with Gasteiger partial charge < -0.3 is 18.3 Å². The summed E-state index contributed by atoms with van der Waals surface area (Å²) < 4.78 is 21.2. The van der Waals surface area contributed by atoms with Crippen molar-refractivity contribution < 1.29 is 23.1 Å². The highest BCUT2D eigenvalue weighted by Crippen LogP contribution is 2.31. The number of ether oxygens (including phenoxy) is 2. The zero-order valence-electron chi connectivity index (χ0n) is 12.6. The Kier molecular flexibility index (Phi) is 3.89. The monoisotopic (exact) mass is 314 g/mol. The average Bonchev–Trinajstić information content (AvgIpc) is 3.10. The van der Waals surface area contributed by atoms with Crippen LogP contribution in [0.15, 0.2) is 56.3 Å². The van der Waals surface area contributed by atoms with Crippen LogP contribution in [0.4, 0.5) is 0 Å². The van der Waals surface area contributed by atoms with Crippen molar-refractivity contribution in [3.63, 3.8) is 0 Å². The largest absolute Gasteiger partial charge is 0.471 e. The molecule has 0 N–H and O–H groups in total. The van der Waals surface area contributed by atoms with Gasteiger partial charge in [0.2, 0.25) is 16.9 Å². The zero-order valence-corrected chi connectivity index (χ0v) is 12.6. The molecule has 2 heterocycles. The summed E-state index contributed by atoms with van der Waals surface area (Å²) in [4.78, 5) is 24.3. The molecule has 118 valence electrons. The lowest BCUT2D eigenvalue weighted by Gasteiger charge is -2.14. The van der Waals surface area contributed by atoms with E-state index in [0.29, 0.717) is 16.7 Å². The van der Waals surface area contributed by atoms with E-state index in [2.05, 4.69) is 4.74 Å².